The summed E-state index contributed by atoms with van der Waals surface area (Å²) < 4.78 is 2.32. The molecule has 9 rings (SSSR count). The van der Waals surface area contributed by atoms with Crippen molar-refractivity contribution >= 4 is 31.6 Å². The van der Waals surface area contributed by atoms with Crippen LogP contribution in [-0.2, 0) is 0 Å². The molecule has 0 aliphatic heterocycles. The highest BCUT2D eigenvalue weighted by Crippen LogP contribution is 2.40. The highest BCUT2D eigenvalue weighted by molar-refractivity contribution is 7.26. The van der Waals surface area contributed by atoms with Gasteiger partial charge in [0.1, 0.15) is 0 Å². The maximum Gasteiger partial charge on any atom is 0.160 e. The Balaban J connectivity index is 1.15. The Morgan fingerprint density at radius 3 is 1.57 bits per heavy atom. The Kier molecular flexibility index (Phi) is 7.30. The smallest absolute Gasteiger partial charge is 0.160 e. The maximum atomic E-state index is 5.20. The van der Waals surface area contributed by atoms with Gasteiger partial charge in [0.25, 0.3) is 0 Å². The van der Waals surface area contributed by atoms with Crippen LogP contribution in [0.25, 0.3) is 88.0 Å². The highest BCUT2D eigenvalue weighted by atomic mass is 32.1. The molecule has 3 aromatic heterocycles. The molecule has 6 aromatic carbocycles. The zero-order valence-corrected chi connectivity index (χ0v) is 27.2. The summed E-state index contributed by atoms with van der Waals surface area (Å²) in [5.74, 6) is 1.41. The standard InChI is InChI=1S/C44H28N4S/c1-4-14-29(15-5-1)37-28-38(46-43(45-37)31-18-8-3-9-19-31)34-22-12-20-32(26-34)33-21-13-23-35(27-33)44-47-40(30-16-6-2-7-17-30)42-41(48-44)36-24-10-11-25-39(36)49-42/h1-28H. The fourth-order valence-electron chi connectivity index (χ4n) is 6.28. The van der Waals surface area contributed by atoms with Gasteiger partial charge in [-0.2, -0.15) is 0 Å². The highest BCUT2D eigenvalue weighted by Gasteiger charge is 2.17. The average Bonchev–Trinajstić information content (AvgIpc) is 3.57. The van der Waals surface area contributed by atoms with Crippen LogP contribution >= 0.6 is 11.3 Å². The van der Waals surface area contributed by atoms with Gasteiger partial charge in [-0.15, -0.1) is 11.3 Å². The zero-order valence-electron chi connectivity index (χ0n) is 26.4. The van der Waals surface area contributed by atoms with Crippen molar-refractivity contribution in [1.82, 2.24) is 19.9 Å². The summed E-state index contributed by atoms with van der Waals surface area (Å²) in [5, 5.41) is 1.15. The van der Waals surface area contributed by atoms with Crippen molar-refractivity contribution in [3.63, 3.8) is 0 Å². The second-order valence-electron chi connectivity index (χ2n) is 11.9. The molecule has 0 unspecified atom stereocenters. The lowest BCUT2D eigenvalue weighted by Crippen LogP contribution is -1.96. The van der Waals surface area contributed by atoms with E-state index in [1.54, 1.807) is 11.3 Å². The third kappa shape index (κ3) is 5.56. The SMILES string of the molecule is c1ccc(-c2cc(-c3cccc(-c4cccc(-c5nc(-c6ccccc6)c6sc7ccccc7c6n5)c4)c3)nc(-c3ccccc3)n2)cc1. The molecule has 49 heavy (non-hydrogen) atoms. The Hall–Kier alpha value is -6.30. The lowest BCUT2D eigenvalue weighted by molar-refractivity contribution is 1.18. The fourth-order valence-corrected chi connectivity index (χ4v) is 7.43. The molecule has 0 aliphatic carbocycles. The van der Waals surface area contributed by atoms with Crippen molar-refractivity contribution < 1.29 is 0 Å². The van der Waals surface area contributed by atoms with Gasteiger partial charge in [-0.25, -0.2) is 19.9 Å². The van der Waals surface area contributed by atoms with Crippen LogP contribution in [0.4, 0.5) is 0 Å². The summed E-state index contributed by atoms with van der Waals surface area (Å²) in [7, 11) is 0. The number of hydrogen-bond acceptors (Lipinski definition) is 5. The zero-order chi connectivity index (χ0) is 32.6. The Morgan fingerprint density at radius 1 is 0.347 bits per heavy atom. The van der Waals surface area contributed by atoms with Crippen LogP contribution in [0.5, 0.6) is 0 Å². The van der Waals surface area contributed by atoms with E-state index < -0.39 is 0 Å². The van der Waals surface area contributed by atoms with Crippen molar-refractivity contribution in [3.05, 3.63) is 170 Å². The number of hydrogen-bond donors (Lipinski definition) is 0. The Labute approximate surface area is 288 Å². The molecule has 0 amide bonds. The minimum absolute atomic E-state index is 0.701. The van der Waals surface area contributed by atoms with Gasteiger partial charge in [-0.3, -0.25) is 0 Å². The van der Waals surface area contributed by atoms with Crippen LogP contribution in [0, 0.1) is 0 Å². The number of benzene rings is 6. The van der Waals surface area contributed by atoms with E-state index in [-0.39, 0.29) is 0 Å². The molecule has 3 heterocycles. The van der Waals surface area contributed by atoms with E-state index >= 15 is 0 Å². The molecule has 0 bridgehead atoms. The first kappa shape index (κ1) is 28.9. The molecule has 0 radical (unpaired) electrons. The first-order valence-electron chi connectivity index (χ1n) is 16.2. The topological polar surface area (TPSA) is 51.6 Å². The molecular weight excluding hydrogens is 617 g/mol. The largest absolute Gasteiger partial charge is 0.228 e. The minimum Gasteiger partial charge on any atom is -0.228 e. The van der Waals surface area contributed by atoms with Gasteiger partial charge in [-0.05, 0) is 35.4 Å². The third-order valence-electron chi connectivity index (χ3n) is 8.71. The quantitative estimate of drug-likeness (QED) is 0.181. The predicted molar refractivity (Wildman–Crippen MR) is 203 cm³/mol. The molecule has 5 heteroatoms. The molecule has 0 aliphatic rings. The number of nitrogens with zero attached hydrogens (tertiary/aromatic N) is 4. The van der Waals surface area contributed by atoms with E-state index in [0.29, 0.717) is 11.6 Å². The summed E-state index contributed by atoms with van der Waals surface area (Å²) in [6, 6.07) is 58.5. The molecule has 0 saturated heterocycles. The van der Waals surface area contributed by atoms with Crippen LogP contribution in [0.1, 0.15) is 0 Å². The maximum absolute atomic E-state index is 5.20. The summed E-state index contributed by atoms with van der Waals surface area (Å²) in [6.45, 7) is 0. The summed E-state index contributed by atoms with van der Waals surface area (Å²) >= 11 is 1.75. The van der Waals surface area contributed by atoms with Crippen LogP contribution in [-0.4, -0.2) is 19.9 Å². The van der Waals surface area contributed by atoms with Gasteiger partial charge in [0, 0.05) is 37.9 Å². The molecule has 4 nitrogen and oxygen atoms in total. The van der Waals surface area contributed by atoms with Crippen molar-refractivity contribution in [2.24, 2.45) is 0 Å². The van der Waals surface area contributed by atoms with Crippen molar-refractivity contribution in [3.8, 4) is 67.7 Å². The average molecular weight is 645 g/mol. The van der Waals surface area contributed by atoms with Crippen LogP contribution in [0.3, 0.4) is 0 Å². The van der Waals surface area contributed by atoms with Gasteiger partial charge in [0.2, 0.25) is 0 Å². The predicted octanol–water partition coefficient (Wildman–Crippen LogP) is 11.6. The van der Waals surface area contributed by atoms with Gasteiger partial charge >= 0.3 is 0 Å². The first-order chi connectivity index (χ1) is 24.3. The van der Waals surface area contributed by atoms with E-state index in [0.717, 1.165) is 71.6 Å². The molecule has 0 spiro atoms. The number of rotatable bonds is 6. The van der Waals surface area contributed by atoms with Gasteiger partial charge < -0.3 is 0 Å². The van der Waals surface area contributed by atoms with E-state index in [9.17, 15) is 0 Å². The van der Waals surface area contributed by atoms with Gasteiger partial charge in [0.15, 0.2) is 11.6 Å². The Morgan fingerprint density at radius 2 is 0.857 bits per heavy atom. The van der Waals surface area contributed by atoms with E-state index in [1.807, 2.05) is 42.5 Å². The number of aromatic nitrogens is 4. The number of fused-ring (bicyclic) bond motifs is 3. The van der Waals surface area contributed by atoms with Crippen molar-refractivity contribution in [2.45, 2.75) is 0 Å². The Bertz CT molecular complexity index is 2540. The monoisotopic (exact) mass is 644 g/mol. The van der Waals surface area contributed by atoms with E-state index in [2.05, 4.69) is 127 Å². The van der Waals surface area contributed by atoms with E-state index in [1.165, 1.54) is 4.70 Å². The molecule has 0 fully saturated rings. The van der Waals surface area contributed by atoms with Crippen LogP contribution in [0.15, 0.2) is 170 Å². The van der Waals surface area contributed by atoms with Crippen LogP contribution in [0.2, 0.25) is 0 Å². The van der Waals surface area contributed by atoms with E-state index in [4.69, 9.17) is 19.9 Å². The minimum atomic E-state index is 0.701. The second kappa shape index (κ2) is 12.4. The fraction of sp³-hybridized carbons (Fsp3) is 0. The summed E-state index contributed by atoms with van der Waals surface area (Å²) in [5.41, 5.74) is 11.0. The summed E-state index contributed by atoms with van der Waals surface area (Å²) in [4.78, 5) is 20.4. The van der Waals surface area contributed by atoms with Crippen molar-refractivity contribution in [2.75, 3.05) is 0 Å². The molecule has 230 valence electrons. The molecule has 0 N–H and O–H groups in total. The second-order valence-corrected chi connectivity index (χ2v) is 12.9. The van der Waals surface area contributed by atoms with Crippen molar-refractivity contribution in [1.29, 1.82) is 0 Å². The lowest BCUT2D eigenvalue weighted by Gasteiger charge is -2.11. The normalized spacial score (nSPS) is 11.3. The summed E-state index contributed by atoms with van der Waals surface area (Å²) in [6.07, 6.45) is 0. The third-order valence-corrected chi connectivity index (χ3v) is 9.87. The molecular formula is C44H28N4S. The van der Waals surface area contributed by atoms with Gasteiger partial charge in [0.05, 0.1) is 27.3 Å². The van der Waals surface area contributed by atoms with Crippen LogP contribution < -0.4 is 0 Å². The molecule has 0 saturated carbocycles. The number of thiophene rings is 1. The molecule has 9 aromatic rings. The first-order valence-corrected chi connectivity index (χ1v) is 17.0. The molecule has 0 atom stereocenters. The lowest BCUT2D eigenvalue weighted by atomic mass is 9.99. The van der Waals surface area contributed by atoms with Gasteiger partial charge in [-0.1, -0.05) is 146 Å².